The summed E-state index contributed by atoms with van der Waals surface area (Å²) in [5, 5.41) is 11.1. The molecule has 1 N–H and O–H groups in total. The smallest absolute Gasteiger partial charge is 0.308 e. The number of ketones is 1. The van der Waals surface area contributed by atoms with E-state index in [-0.39, 0.29) is 30.4 Å². The first-order chi connectivity index (χ1) is 15.9. The van der Waals surface area contributed by atoms with Gasteiger partial charge in [-0.15, -0.1) is 0 Å². The number of aliphatic hydroxyl groups excluding tert-OH is 1. The van der Waals surface area contributed by atoms with E-state index in [0.29, 0.717) is 35.7 Å². The minimum atomic E-state index is -0.872. The molecule has 4 rings (SSSR count). The second-order valence-corrected chi connectivity index (χ2v) is 7.57. The summed E-state index contributed by atoms with van der Waals surface area (Å²) in [5.41, 5.74) is 0.777. The van der Waals surface area contributed by atoms with Gasteiger partial charge in [-0.1, -0.05) is 12.1 Å². The quantitative estimate of drug-likeness (QED) is 0.170. The molecule has 0 saturated carbocycles. The second kappa shape index (κ2) is 9.33. The number of rotatable bonds is 7. The molecule has 9 nitrogen and oxygen atoms in total. The van der Waals surface area contributed by atoms with Crippen molar-refractivity contribution >= 4 is 23.4 Å². The summed E-state index contributed by atoms with van der Waals surface area (Å²) >= 11 is 0. The van der Waals surface area contributed by atoms with Crippen LogP contribution in [0.25, 0.3) is 5.76 Å². The zero-order valence-corrected chi connectivity index (χ0v) is 18.2. The van der Waals surface area contributed by atoms with Crippen LogP contribution in [0.4, 0.5) is 0 Å². The molecule has 2 aromatic rings. The van der Waals surface area contributed by atoms with Crippen molar-refractivity contribution in [3.8, 4) is 17.2 Å². The summed E-state index contributed by atoms with van der Waals surface area (Å²) in [5.74, 6) is -1.13. The number of likely N-dealkylation sites (tertiary alicyclic amines) is 1. The molecule has 1 amide bonds. The number of ether oxygens (including phenoxy) is 4. The van der Waals surface area contributed by atoms with Gasteiger partial charge in [-0.3, -0.25) is 14.4 Å². The van der Waals surface area contributed by atoms with Gasteiger partial charge in [-0.25, -0.2) is 0 Å². The summed E-state index contributed by atoms with van der Waals surface area (Å²) in [6, 6.07) is 10.4. The third-order valence-electron chi connectivity index (χ3n) is 5.37. The molecule has 2 heterocycles. The van der Waals surface area contributed by atoms with Crippen LogP contribution in [0.2, 0.25) is 0 Å². The van der Waals surface area contributed by atoms with Gasteiger partial charge in [0.25, 0.3) is 11.7 Å². The molecule has 1 atom stereocenters. The van der Waals surface area contributed by atoms with Crippen molar-refractivity contribution in [2.45, 2.75) is 19.4 Å². The molecule has 172 valence electrons. The third kappa shape index (κ3) is 4.40. The number of amides is 1. The topological polar surface area (TPSA) is 112 Å². The predicted octanol–water partition coefficient (Wildman–Crippen LogP) is 2.80. The van der Waals surface area contributed by atoms with E-state index in [1.54, 1.807) is 49.6 Å². The molecule has 1 fully saturated rings. The Morgan fingerprint density at radius 1 is 1.15 bits per heavy atom. The van der Waals surface area contributed by atoms with Gasteiger partial charge in [0.05, 0.1) is 11.6 Å². The highest BCUT2D eigenvalue weighted by atomic mass is 16.7. The SMILES string of the molecule is COCCCN1C(=O)C(=O)/C(=C(\O)c2ccc3c(c2)OCO3)C1c1cccc(OC(C)=O)c1. The molecule has 0 radical (unpaired) electrons. The molecule has 9 heteroatoms. The lowest BCUT2D eigenvalue weighted by Crippen LogP contribution is -2.31. The number of hydrogen-bond donors (Lipinski definition) is 1. The number of nitrogens with zero attached hydrogens (tertiary/aromatic N) is 1. The van der Waals surface area contributed by atoms with Gasteiger partial charge in [-0.05, 0) is 42.3 Å². The van der Waals surface area contributed by atoms with Crippen molar-refractivity contribution in [3.05, 3.63) is 59.2 Å². The molecule has 2 aliphatic rings. The number of carbonyl (C=O) groups excluding carboxylic acids is 3. The maximum atomic E-state index is 13.1. The summed E-state index contributed by atoms with van der Waals surface area (Å²) < 4.78 is 20.9. The normalized spacial score (nSPS) is 18.6. The standard InChI is InChI=1S/C24H23NO8/c1-14(26)33-17-6-3-5-15(11-17)21-20(23(28)24(29)25(21)9-4-10-30-2)22(27)16-7-8-18-19(12-16)32-13-31-18/h3,5-8,11-12,21,27H,4,9-10,13H2,1-2H3/b22-20-. The first kappa shape index (κ1) is 22.3. The van der Waals surface area contributed by atoms with Gasteiger partial charge in [-0.2, -0.15) is 0 Å². The number of aliphatic hydroxyl groups is 1. The van der Waals surface area contributed by atoms with Gasteiger partial charge in [0.15, 0.2) is 11.5 Å². The van der Waals surface area contributed by atoms with E-state index in [1.807, 2.05) is 0 Å². The monoisotopic (exact) mass is 453 g/mol. The van der Waals surface area contributed by atoms with Crippen LogP contribution in [-0.2, 0) is 19.1 Å². The molecule has 0 aliphatic carbocycles. The molecule has 33 heavy (non-hydrogen) atoms. The Bertz CT molecular complexity index is 1140. The molecule has 1 saturated heterocycles. The average Bonchev–Trinajstić information content (AvgIpc) is 3.36. The number of hydrogen-bond acceptors (Lipinski definition) is 8. The molecule has 2 aliphatic heterocycles. The van der Waals surface area contributed by atoms with Crippen LogP contribution in [-0.4, -0.2) is 54.7 Å². The summed E-state index contributed by atoms with van der Waals surface area (Å²) in [6.07, 6.45) is 0.494. The van der Waals surface area contributed by atoms with E-state index in [4.69, 9.17) is 18.9 Å². The Balaban J connectivity index is 1.81. The summed E-state index contributed by atoms with van der Waals surface area (Å²) in [6.45, 7) is 1.97. The molecule has 1 unspecified atom stereocenters. The van der Waals surface area contributed by atoms with E-state index in [9.17, 15) is 19.5 Å². The first-order valence-corrected chi connectivity index (χ1v) is 10.4. The Kier molecular flexibility index (Phi) is 6.32. The maximum Gasteiger partial charge on any atom is 0.308 e. The third-order valence-corrected chi connectivity index (χ3v) is 5.37. The fourth-order valence-electron chi connectivity index (χ4n) is 3.95. The number of carbonyl (C=O) groups is 3. The number of fused-ring (bicyclic) bond motifs is 1. The van der Waals surface area contributed by atoms with Crippen LogP contribution in [0.1, 0.15) is 30.5 Å². The lowest BCUT2D eigenvalue weighted by Gasteiger charge is -2.25. The van der Waals surface area contributed by atoms with Gasteiger partial charge in [0.2, 0.25) is 6.79 Å². The Morgan fingerprint density at radius 3 is 2.70 bits per heavy atom. The van der Waals surface area contributed by atoms with E-state index < -0.39 is 23.7 Å². The van der Waals surface area contributed by atoms with Gasteiger partial charge in [0.1, 0.15) is 11.5 Å². The number of methoxy groups -OCH3 is 1. The fourth-order valence-corrected chi connectivity index (χ4v) is 3.95. The molecule has 0 aromatic heterocycles. The molecular formula is C24H23NO8. The van der Waals surface area contributed by atoms with Crippen molar-refractivity contribution in [1.82, 2.24) is 4.90 Å². The predicted molar refractivity (Wildman–Crippen MR) is 116 cm³/mol. The fraction of sp³-hybridized carbons (Fsp3) is 0.292. The van der Waals surface area contributed by atoms with Crippen LogP contribution >= 0.6 is 0 Å². The summed E-state index contributed by atoms with van der Waals surface area (Å²) in [4.78, 5) is 38.8. The number of esters is 1. The van der Waals surface area contributed by atoms with Crippen molar-refractivity contribution in [3.63, 3.8) is 0 Å². The average molecular weight is 453 g/mol. The highest BCUT2D eigenvalue weighted by Gasteiger charge is 2.46. The van der Waals surface area contributed by atoms with E-state index >= 15 is 0 Å². The zero-order chi connectivity index (χ0) is 23.5. The zero-order valence-electron chi connectivity index (χ0n) is 18.2. The van der Waals surface area contributed by atoms with Gasteiger partial charge < -0.3 is 29.0 Å². The summed E-state index contributed by atoms with van der Waals surface area (Å²) in [7, 11) is 1.55. The van der Waals surface area contributed by atoms with E-state index in [0.717, 1.165) is 0 Å². The van der Waals surface area contributed by atoms with E-state index in [1.165, 1.54) is 11.8 Å². The van der Waals surface area contributed by atoms with Crippen LogP contribution in [0, 0.1) is 0 Å². The Labute approximate surface area is 190 Å². The Morgan fingerprint density at radius 2 is 1.94 bits per heavy atom. The van der Waals surface area contributed by atoms with Crippen molar-refractivity contribution < 1.29 is 38.4 Å². The van der Waals surface area contributed by atoms with Gasteiger partial charge >= 0.3 is 5.97 Å². The highest BCUT2D eigenvalue weighted by molar-refractivity contribution is 6.46. The van der Waals surface area contributed by atoms with Crippen LogP contribution in [0.15, 0.2) is 48.0 Å². The lowest BCUT2D eigenvalue weighted by molar-refractivity contribution is -0.140. The van der Waals surface area contributed by atoms with Crippen LogP contribution in [0.3, 0.4) is 0 Å². The second-order valence-electron chi connectivity index (χ2n) is 7.57. The largest absolute Gasteiger partial charge is 0.507 e. The first-order valence-electron chi connectivity index (χ1n) is 10.4. The van der Waals surface area contributed by atoms with E-state index in [2.05, 4.69) is 0 Å². The number of Topliss-reactive ketones (excluding diaryl/α,β-unsaturated/α-hetero) is 1. The molecule has 2 aromatic carbocycles. The minimum absolute atomic E-state index is 0.0590. The molecule has 0 bridgehead atoms. The molecule has 0 spiro atoms. The minimum Gasteiger partial charge on any atom is -0.507 e. The molecular weight excluding hydrogens is 430 g/mol. The van der Waals surface area contributed by atoms with Crippen LogP contribution < -0.4 is 14.2 Å². The van der Waals surface area contributed by atoms with Gasteiger partial charge in [0, 0.05) is 32.7 Å². The van der Waals surface area contributed by atoms with Crippen molar-refractivity contribution in [2.24, 2.45) is 0 Å². The Hall–Kier alpha value is -3.85. The van der Waals surface area contributed by atoms with Crippen molar-refractivity contribution in [2.75, 3.05) is 27.1 Å². The lowest BCUT2D eigenvalue weighted by atomic mass is 9.95. The maximum absolute atomic E-state index is 13.1. The van der Waals surface area contributed by atoms with Crippen LogP contribution in [0.5, 0.6) is 17.2 Å². The van der Waals surface area contributed by atoms with Crippen molar-refractivity contribution in [1.29, 1.82) is 0 Å². The number of benzene rings is 2. The highest BCUT2D eigenvalue weighted by Crippen LogP contribution is 2.42.